The number of hydrogen-bond donors (Lipinski definition) is 1. The van der Waals surface area contributed by atoms with Crippen molar-refractivity contribution < 1.29 is 4.79 Å². The van der Waals surface area contributed by atoms with Crippen LogP contribution in [0, 0.1) is 11.3 Å². The van der Waals surface area contributed by atoms with Gasteiger partial charge in [0.25, 0.3) is 0 Å². The molecule has 0 bridgehead atoms. The van der Waals surface area contributed by atoms with Crippen molar-refractivity contribution in [3.8, 4) is 6.07 Å². The van der Waals surface area contributed by atoms with E-state index in [2.05, 4.69) is 11.4 Å². The van der Waals surface area contributed by atoms with Crippen LogP contribution in [0.15, 0.2) is 0 Å². The number of amides is 1. The normalized spacial score (nSPS) is 10.4. The Morgan fingerprint density at radius 1 is 1.42 bits per heavy atom. The summed E-state index contributed by atoms with van der Waals surface area (Å²) in [5, 5.41) is 11.5. The molecule has 0 spiro atoms. The highest BCUT2D eigenvalue weighted by atomic mass is 16.1. The molecule has 0 aromatic rings. The SMILES string of the molecule is CCCC(C#N)(CCC)NC=O. The zero-order valence-corrected chi connectivity index (χ0v) is 7.76. The Morgan fingerprint density at radius 3 is 2.17 bits per heavy atom. The summed E-state index contributed by atoms with van der Waals surface area (Å²) in [4.78, 5) is 10.3. The fraction of sp³-hybridized carbons (Fsp3) is 0.778. The Labute approximate surface area is 73.8 Å². The van der Waals surface area contributed by atoms with Gasteiger partial charge in [-0.05, 0) is 12.8 Å². The highest BCUT2D eigenvalue weighted by Gasteiger charge is 2.26. The predicted molar refractivity (Wildman–Crippen MR) is 47.4 cm³/mol. The lowest BCUT2D eigenvalue weighted by Crippen LogP contribution is -2.42. The van der Waals surface area contributed by atoms with Crippen molar-refractivity contribution >= 4 is 6.41 Å². The van der Waals surface area contributed by atoms with E-state index in [1.54, 1.807) is 0 Å². The van der Waals surface area contributed by atoms with E-state index in [0.29, 0.717) is 6.41 Å². The number of carbonyl (C=O) groups is 1. The molecule has 12 heavy (non-hydrogen) atoms. The van der Waals surface area contributed by atoms with Gasteiger partial charge in [-0.1, -0.05) is 26.7 Å². The zero-order chi connectivity index (χ0) is 9.45. The van der Waals surface area contributed by atoms with Crippen LogP contribution in [0.3, 0.4) is 0 Å². The molecule has 0 atom stereocenters. The number of nitrogens with zero attached hydrogens (tertiary/aromatic N) is 1. The lowest BCUT2D eigenvalue weighted by Gasteiger charge is -2.24. The van der Waals surface area contributed by atoms with Crippen molar-refractivity contribution in [3.05, 3.63) is 0 Å². The summed E-state index contributed by atoms with van der Waals surface area (Å²) in [5.74, 6) is 0. The van der Waals surface area contributed by atoms with Crippen LogP contribution in [0.2, 0.25) is 0 Å². The van der Waals surface area contributed by atoms with Gasteiger partial charge in [0, 0.05) is 0 Å². The summed E-state index contributed by atoms with van der Waals surface area (Å²) in [6.45, 7) is 4.02. The van der Waals surface area contributed by atoms with E-state index in [4.69, 9.17) is 5.26 Å². The van der Waals surface area contributed by atoms with E-state index in [1.165, 1.54) is 0 Å². The van der Waals surface area contributed by atoms with Gasteiger partial charge in [-0.25, -0.2) is 0 Å². The molecular weight excluding hydrogens is 152 g/mol. The lowest BCUT2D eigenvalue weighted by molar-refractivity contribution is -0.110. The quantitative estimate of drug-likeness (QED) is 0.612. The molecule has 1 amide bonds. The molecule has 0 rings (SSSR count). The molecule has 1 N–H and O–H groups in total. The summed E-state index contributed by atoms with van der Waals surface area (Å²) in [6, 6.07) is 2.18. The number of nitrogens with one attached hydrogen (secondary N) is 1. The summed E-state index contributed by atoms with van der Waals surface area (Å²) >= 11 is 0. The van der Waals surface area contributed by atoms with Crippen LogP contribution in [0.5, 0.6) is 0 Å². The molecule has 0 aliphatic rings. The smallest absolute Gasteiger partial charge is 0.208 e. The molecule has 0 saturated heterocycles. The van der Waals surface area contributed by atoms with E-state index in [0.717, 1.165) is 25.7 Å². The minimum Gasteiger partial charge on any atom is -0.340 e. The van der Waals surface area contributed by atoms with E-state index in [1.807, 2.05) is 13.8 Å². The highest BCUT2D eigenvalue weighted by molar-refractivity contribution is 5.49. The Bertz CT molecular complexity index is 166. The highest BCUT2D eigenvalue weighted by Crippen LogP contribution is 2.17. The van der Waals surface area contributed by atoms with Gasteiger partial charge in [0.1, 0.15) is 5.54 Å². The van der Waals surface area contributed by atoms with Gasteiger partial charge >= 0.3 is 0 Å². The second-order valence-electron chi connectivity index (χ2n) is 2.96. The van der Waals surface area contributed by atoms with Gasteiger partial charge in [0.2, 0.25) is 6.41 Å². The van der Waals surface area contributed by atoms with Crippen LogP contribution in [-0.4, -0.2) is 11.9 Å². The fourth-order valence-electron chi connectivity index (χ4n) is 1.38. The maximum Gasteiger partial charge on any atom is 0.208 e. The van der Waals surface area contributed by atoms with Crippen molar-refractivity contribution in [1.82, 2.24) is 5.32 Å². The van der Waals surface area contributed by atoms with Gasteiger partial charge in [-0.2, -0.15) is 5.26 Å². The van der Waals surface area contributed by atoms with Crippen LogP contribution in [-0.2, 0) is 4.79 Å². The first-order valence-electron chi connectivity index (χ1n) is 4.37. The summed E-state index contributed by atoms with van der Waals surface area (Å²) in [7, 11) is 0. The van der Waals surface area contributed by atoms with Crippen LogP contribution >= 0.6 is 0 Å². The standard InChI is InChI=1S/C9H16N2O/c1-3-5-9(7-10,6-4-2)11-8-12/h8H,3-6H2,1-2H3,(H,11,12). The number of rotatable bonds is 6. The third-order valence-corrected chi connectivity index (χ3v) is 1.90. The topological polar surface area (TPSA) is 52.9 Å². The molecule has 0 aliphatic heterocycles. The van der Waals surface area contributed by atoms with Gasteiger partial charge in [0.15, 0.2) is 0 Å². The average Bonchev–Trinajstić information content (AvgIpc) is 2.06. The first-order valence-corrected chi connectivity index (χ1v) is 4.37. The van der Waals surface area contributed by atoms with Gasteiger partial charge in [-0.15, -0.1) is 0 Å². The Balaban J connectivity index is 4.29. The number of carbonyl (C=O) groups excluding carboxylic acids is 1. The van der Waals surface area contributed by atoms with E-state index in [-0.39, 0.29) is 0 Å². The minimum absolute atomic E-state index is 0.620. The molecule has 0 saturated carbocycles. The first kappa shape index (κ1) is 11.0. The van der Waals surface area contributed by atoms with Gasteiger partial charge < -0.3 is 5.32 Å². The zero-order valence-electron chi connectivity index (χ0n) is 7.76. The maximum atomic E-state index is 10.3. The fourth-order valence-corrected chi connectivity index (χ4v) is 1.38. The second-order valence-corrected chi connectivity index (χ2v) is 2.96. The molecule has 0 aliphatic carbocycles. The summed E-state index contributed by atoms with van der Waals surface area (Å²) in [6.07, 6.45) is 3.91. The van der Waals surface area contributed by atoms with Crippen molar-refractivity contribution in [1.29, 1.82) is 5.26 Å². The minimum atomic E-state index is -0.620. The van der Waals surface area contributed by atoms with Crippen LogP contribution in [0.25, 0.3) is 0 Å². The Hall–Kier alpha value is -1.04. The third kappa shape index (κ3) is 2.91. The molecule has 0 fully saturated rings. The van der Waals surface area contributed by atoms with Crippen LogP contribution in [0.1, 0.15) is 39.5 Å². The summed E-state index contributed by atoms with van der Waals surface area (Å²) in [5.41, 5.74) is -0.620. The molecule has 0 aromatic heterocycles. The monoisotopic (exact) mass is 168 g/mol. The molecule has 0 aromatic carbocycles. The molecule has 68 valence electrons. The Morgan fingerprint density at radius 2 is 1.92 bits per heavy atom. The lowest BCUT2D eigenvalue weighted by atomic mass is 9.90. The number of nitriles is 1. The second kappa shape index (κ2) is 5.59. The third-order valence-electron chi connectivity index (χ3n) is 1.90. The van der Waals surface area contributed by atoms with Crippen LogP contribution < -0.4 is 5.32 Å². The predicted octanol–water partition coefficient (Wildman–Crippen LogP) is 1.59. The largest absolute Gasteiger partial charge is 0.340 e. The summed E-state index contributed by atoms with van der Waals surface area (Å²) < 4.78 is 0. The maximum absolute atomic E-state index is 10.3. The Kier molecular flexibility index (Phi) is 5.11. The van der Waals surface area contributed by atoms with Gasteiger partial charge in [-0.3, -0.25) is 4.79 Å². The van der Waals surface area contributed by atoms with Crippen LogP contribution in [0.4, 0.5) is 0 Å². The molecule has 3 nitrogen and oxygen atoms in total. The average molecular weight is 168 g/mol. The van der Waals surface area contributed by atoms with Crippen molar-refractivity contribution in [2.45, 2.75) is 45.1 Å². The molecule has 3 heteroatoms. The molecule has 0 unspecified atom stereocenters. The number of hydrogen-bond acceptors (Lipinski definition) is 2. The molecule has 0 heterocycles. The first-order chi connectivity index (χ1) is 5.74. The van der Waals surface area contributed by atoms with E-state index < -0.39 is 5.54 Å². The van der Waals surface area contributed by atoms with Crippen molar-refractivity contribution in [2.75, 3.05) is 0 Å². The molecule has 0 radical (unpaired) electrons. The van der Waals surface area contributed by atoms with E-state index >= 15 is 0 Å². The molecular formula is C9H16N2O. The van der Waals surface area contributed by atoms with Crippen molar-refractivity contribution in [2.24, 2.45) is 0 Å². The van der Waals surface area contributed by atoms with Gasteiger partial charge in [0.05, 0.1) is 6.07 Å². The van der Waals surface area contributed by atoms with Crippen molar-refractivity contribution in [3.63, 3.8) is 0 Å². The van der Waals surface area contributed by atoms with E-state index in [9.17, 15) is 4.79 Å².